The van der Waals surface area contributed by atoms with Crippen LogP contribution in [-0.4, -0.2) is 23.4 Å². The van der Waals surface area contributed by atoms with Crippen LogP contribution in [0.1, 0.15) is 32.6 Å². The summed E-state index contributed by atoms with van der Waals surface area (Å²) in [5.74, 6) is 1.23. The van der Waals surface area contributed by atoms with Crippen molar-refractivity contribution in [2.45, 2.75) is 38.1 Å². The van der Waals surface area contributed by atoms with Crippen molar-refractivity contribution in [2.75, 3.05) is 11.9 Å². The van der Waals surface area contributed by atoms with Crippen LogP contribution in [0.5, 0.6) is 5.75 Å². The molecule has 0 aliphatic heterocycles. The van der Waals surface area contributed by atoms with E-state index in [9.17, 15) is 4.79 Å². The van der Waals surface area contributed by atoms with Gasteiger partial charge in [-0.3, -0.25) is 4.79 Å². The standard InChI is InChI=1S/C16H21BrClNO2/c1-12-3-2-8-16(9-12,11-17)19-15(20)10-21-14-6-4-13(18)5-7-14/h4-7,12H,2-3,8-11H2,1H3,(H,19,20). The fourth-order valence-corrected chi connectivity index (χ4v) is 3.72. The van der Waals surface area contributed by atoms with E-state index in [0.29, 0.717) is 16.7 Å². The summed E-state index contributed by atoms with van der Waals surface area (Å²) in [5.41, 5.74) is -0.127. The molecule has 1 aliphatic rings. The van der Waals surface area contributed by atoms with Gasteiger partial charge in [-0.05, 0) is 43.0 Å². The second-order valence-corrected chi connectivity index (χ2v) is 6.90. The highest BCUT2D eigenvalue weighted by atomic mass is 79.9. The molecule has 1 saturated carbocycles. The first-order chi connectivity index (χ1) is 10.0. The van der Waals surface area contributed by atoms with Gasteiger partial charge < -0.3 is 10.1 Å². The van der Waals surface area contributed by atoms with Gasteiger partial charge >= 0.3 is 0 Å². The maximum absolute atomic E-state index is 12.1. The number of carbonyl (C=O) groups is 1. The zero-order chi connectivity index (χ0) is 15.3. The average Bonchev–Trinajstić information content (AvgIpc) is 2.46. The van der Waals surface area contributed by atoms with Crippen molar-refractivity contribution in [1.82, 2.24) is 5.32 Å². The predicted octanol–water partition coefficient (Wildman–Crippen LogP) is 4.18. The van der Waals surface area contributed by atoms with E-state index in [1.165, 1.54) is 6.42 Å². The number of alkyl halides is 1. The highest BCUT2D eigenvalue weighted by Crippen LogP contribution is 2.33. The molecule has 2 atom stereocenters. The summed E-state index contributed by atoms with van der Waals surface area (Å²) in [4.78, 5) is 12.1. The highest BCUT2D eigenvalue weighted by Gasteiger charge is 2.35. The van der Waals surface area contributed by atoms with Crippen molar-refractivity contribution in [3.8, 4) is 5.75 Å². The van der Waals surface area contributed by atoms with Crippen LogP contribution in [0.4, 0.5) is 0 Å². The zero-order valence-electron chi connectivity index (χ0n) is 12.2. The van der Waals surface area contributed by atoms with Gasteiger partial charge in [0.25, 0.3) is 5.91 Å². The Kier molecular flexibility index (Phi) is 5.94. The Balaban J connectivity index is 1.86. The molecule has 21 heavy (non-hydrogen) atoms. The molecule has 1 aromatic carbocycles. The van der Waals surface area contributed by atoms with Crippen LogP contribution in [0.15, 0.2) is 24.3 Å². The molecule has 0 heterocycles. The molecule has 5 heteroatoms. The van der Waals surface area contributed by atoms with E-state index in [1.54, 1.807) is 24.3 Å². The molecule has 0 saturated heterocycles. The van der Waals surface area contributed by atoms with Gasteiger partial charge in [0.1, 0.15) is 5.75 Å². The Bertz CT molecular complexity index is 480. The van der Waals surface area contributed by atoms with E-state index in [0.717, 1.165) is 24.6 Å². The molecule has 1 aromatic rings. The second kappa shape index (κ2) is 7.50. The SMILES string of the molecule is CC1CCCC(CBr)(NC(=O)COc2ccc(Cl)cc2)C1. The van der Waals surface area contributed by atoms with E-state index in [4.69, 9.17) is 16.3 Å². The van der Waals surface area contributed by atoms with Gasteiger partial charge in [0, 0.05) is 10.4 Å². The normalized spacial score (nSPS) is 25.4. The van der Waals surface area contributed by atoms with Crippen LogP contribution in [0.3, 0.4) is 0 Å². The van der Waals surface area contributed by atoms with Gasteiger partial charge in [0.05, 0.1) is 5.54 Å². The van der Waals surface area contributed by atoms with Gasteiger partial charge in [-0.2, -0.15) is 0 Å². The van der Waals surface area contributed by atoms with Crippen LogP contribution in [0.2, 0.25) is 5.02 Å². The lowest BCUT2D eigenvalue weighted by Gasteiger charge is -2.39. The molecule has 0 bridgehead atoms. The number of carbonyl (C=O) groups excluding carboxylic acids is 1. The van der Waals surface area contributed by atoms with Crippen molar-refractivity contribution in [1.29, 1.82) is 0 Å². The quantitative estimate of drug-likeness (QED) is 0.785. The summed E-state index contributed by atoms with van der Waals surface area (Å²) >= 11 is 9.37. The van der Waals surface area contributed by atoms with Crippen molar-refractivity contribution in [3.05, 3.63) is 29.3 Å². The first-order valence-corrected chi connectivity index (χ1v) is 8.78. The number of ether oxygens (including phenoxy) is 1. The Morgan fingerprint density at radius 3 is 2.81 bits per heavy atom. The molecule has 0 aromatic heterocycles. The topological polar surface area (TPSA) is 38.3 Å². The van der Waals surface area contributed by atoms with Crippen LogP contribution in [0, 0.1) is 5.92 Å². The van der Waals surface area contributed by atoms with Gasteiger partial charge in [-0.1, -0.05) is 47.3 Å². The molecule has 2 rings (SSSR count). The number of halogens is 2. The van der Waals surface area contributed by atoms with E-state index in [-0.39, 0.29) is 18.1 Å². The maximum Gasteiger partial charge on any atom is 0.258 e. The number of amides is 1. The molecule has 1 amide bonds. The molecular weight excluding hydrogens is 354 g/mol. The van der Waals surface area contributed by atoms with Crippen molar-refractivity contribution in [2.24, 2.45) is 5.92 Å². The fraction of sp³-hybridized carbons (Fsp3) is 0.562. The number of hydrogen-bond donors (Lipinski definition) is 1. The van der Waals surface area contributed by atoms with Gasteiger partial charge in [0.2, 0.25) is 0 Å². The number of rotatable bonds is 5. The number of nitrogens with one attached hydrogen (secondary N) is 1. The molecule has 0 spiro atoms. The summed E-state index contributed by atoms with van der Waals surface area (Å²) < 4.78 is 5.49. The van der Waals surface area contributed by atoms with Crippen molar-refractivity contribution in [3.63, 3.8) is 0 Å². The minimum atomic E-state index is -0.127. The predicted molar refractivity (Wildman–Crippen MR) is 89.2 cm³/mol. The molecule has 3 nitrogen and oxygen atoms in total. The minimum Gasteiger partial charge on any atom is -0.484 e. The lowest BCUT2D eigenvalue weighted by molar-refractivity contribution is -0.125. The first-order valence-electron chi connectivity index (χ1n) is 7.28. The lowest BCUT2D eigenvalue weighted by Crippen LogP contribution is -2.53. The lowest BCUT2D eigenvalue weighted by atomic mass is 9.77. The highest BCUT2D eigenvalue weighted by molar-refractivity contribution is 9.09. The zero-order valence-corrected chi connectivity index (χ0v) is 14.5. The monoisotopic (exact) mass is 373 g/mol. The third-order valence-corrected chi connectivity index (χ3v) is 5.26. The van der Waals surface area contributed by atoms with Crippen molar-refractivity contribution < 1.29 is 9.53 Å². The van der Waals surface area contributed by atoms with Crippen LogP contribution < -0.4 is 10.1 Å². The Hall–Kier alpha value is -0.740. The summed E-state index contributed by atoms with van der Waals surface area (Å²) in [6, 6.07) is 7.02. The summed E-state index contributed by atoms with van der Waals surface area (Å²) in [5, 5.41) is 4.60. The van der Waals surface area contributed by atoms with Crippen molar-refractivity contribution >= 4 is 33.4 Å². The minimum absolute atomic E-state index is 0.0325. The van der Waals surface area contributed by atoms with Gasteiger partial charge in [-0.15, -0.1) is 0 Å². The van der Waals surface area contributed by atoms with Crippen LogP contribution in [0.25, 0.3) is 0 Å². The van der Waals surface area contributed by atoms with E-state index in [2.05, 4.69) is 28.2 Å². The number of hydrogen-bond acceptors (Lipinski definition) is 2. The Labute approximate surface area is 139 Å². The average molecular weight is 375 g/mol. The third kappa shape index (κ3) is 4.89. The molecule has 116 valence electrons. The molecule has 1 fully saturated rings. The molecule has 2 unspecified atom stereocenters. The Morgan fingerprint density at radius 2 is 2.19 bits per heavy atom. The Morgan fingerprint density at radius 1 is 1.48 bits per heavy atom. The molecular formula is C16H21BrClNO2. The molecule has 1 aliphatic carbocycles. The van der Waals surface area contributed by atoms with E-state index < -0.39 is 0 Å². The summed E-state index contributed by atoms with van der Waals surface area (Å²) in [6.45, 7) is 2.28. The van der Waals surface area contributed by atoms with Crippen LogP contribution >= 0.6 is 27.5 Å². The van der Waals surface area contributed by atoms with E-state index in [1.807, 2.05) is 0 Å². The van der Waals surface area contributed by atoms with Gasteiger partial charge in [-0.25, -0.2) is 0 Å². The summed E-state index contributed by atoms with van der Waals surface area (Å²) in [6.07, 6.45) is 4.44. The third-order valence-electron chi connectivity index (χ3n) is 3.94. The molecule has 1 N–H and O–H groups in total. The number of benzene rings is 1. The van der Waals surface area contributed by atoms with Gasteiger partial charge in [0.15, 0.2) is 6.61 Å². The fourth-order valence-electron chi connectivity index (χ4n) is 2.94. The largest absolute Gasteiger partial charge is 0.484 e. The second-order valence-electron chi connectivity index (χ2n) is 5.91. The smallest absolute Gasteiger partial charge is 0.258 e. The van der Waals surface area contributed by atoms with E-state index >= 15 is 0 Å². The molecule has 0 radical (unpaired) electrons. The van der Waals surface area contributed by atoms with Crippen LogP contribution in [-0.2, 0) is 4.79 Å². The first kappa shape index (κ1) is 16.6. The summed E-state index contributed by atoms with van der Waals surface area (Å²) in [7, 11) is 0. The maximum atomic E-state index is 12.1.